The van der Waals surface area contributed by atoms with Gasteiger partial charge in [-0.05, 0) is 112 Å². The molecule has 0 unspecified atom stereocenters. The standard InChI is InChI=1S/C28H48N3P/c1-4-10-25(11-5-1)32(26-12-6-2-7-13-26,27-14-8-3-9-15-27)31-30-29-28-19-22-16-23(20-28)18-24(17-22)21-28/h22-27H,1-21H2. The summed E-state index contributed by atoms with van der Waals surface area (Å²) in [6, 6.07) is 0. The minimum Gasteiger partial charge on any atom is -0.162 e. The molecule has 4 bridgehead atoms. The van der Waals surface area contributed by atoms with Gasteiger partial charge in [0.15, 0.2) is 0 Å². The molecule has 0 amide bonds. The molecule has 180 valence electrons. The van der Waals surface area contributed by atoms with Gasteiger partial charge in [0.1, 0.15) is 0 Å². The highest BCUT2D eigenvalue weighted by Crippen LogP contribution is 2.71. The molecule has 7 rings (SSSR count). The topological polar surface area (TPSA) is 37.1 Å². The lowest BCUT2D eigenvalue weighted by Crippen LogP contribution is -2.49. The van der Waals surface area contributed by atoms with E-state index in [1.807, 2.05) is 0 Å². The fraction of sp³-hybridized carbons (Fsp3) is 1.00. The summed E-state index contributed by atoms with van der Waals surface area (Å²) < 4.78 is 0. The molecule has 0 aromatic rings. The molecule has 7 saturated carbocycles. The van der Waals surface area contributed by atoms with Crippen molar-refractivity contribution in [3.8, 4) is 0 Å². The van der Waals surface area contributed by atoms with Gasteiger partial charge in [0.05, 0.1) is 5.54 Å². The zero-order valence-electron chi connectivity index (χ0n) is 20.6. The van der Waals surface area contributed by atoms with Crippen molar-refractivity contribution < 1.29 is 0 Å². The van der Waals surface area contributed by atoms with E-state index in [-0.39, 0.29) is 5.54 Å². The first-order valence-electron chi connectivity index (χ1n) is 14.8. The molecule has 32 heavy (non-hydrogen) atoms. The van der Waals surface area contributed by atoms with Gasteiger partial charge in [0.2, 0.25) is 0 Å². The second-order valence-electron chi connectivity index (χ2n) is 13.1. The Morgan fingerprint density at radius 2 is 0.875 bits per heavy atom. The zero-order chi connectivity index (χ0) is 21.4. The third-order valence-electron chi connectivity index (χ3n) is 10.9. The van der Waals surface area contributed by atoms with E-state index in [4.69, 9.17) is 15.2 Å². The SMILES string of the molecule is C1CCC(P(=NN=NC23CC4CC(CC(C4)C2)C3)(C2CCCCC2)C2CCCCC2)CC1. The minimum atomic E-state index is -1.47. The van der Waals surface area contributed by atoms with E-state index >= 15 is 0 Å². The van der Waals surface area contributed by atoms with Crippen molar-refractivity contribution in [2.75, 3.05) is 0 Å². The van der Waals surface area contributed by atoms with Crippen LogP contribution < -0.4 is 0 Å². The average Bonchev–Trinajstić information content (AvgIpc) is 2.83. The Morgan fingerprint density at radius 1 is 0.500 bits per heavy atom. The second kappa shape index (κ2) is 9.47. The minimum absolute atomic E-state index is 0.194. The van der Waals surface area contributed by atoms with E-state index in [2.05, 4.69) is 0 Å². The molecule has 3 nitrogen and oxygen atoms in total. The summed E-state index contributed by atoms with van der Waals surface area (Å²) in [6.45, 7) is 0. The van der Waals surface area contributed by atoms with Crippen LogP contribution in [0.15, 0.2) is 15.2 Å². The lowest BCUT2D eigenvalue weighted by Gasteiger charge is -2.54. The van der Waals surface area contributed by atoms with Crippen molar-refractivity contribution in [1.29, 1.82) is 0 Å². The Hall–Kier alpha value is -0.170. The molecule has 0 aliphatic heterocycles. The molecule has 7 fully saturated rings. The maximum atomic E-state index is 5.67. The van der Waals surface area contributed by atoms with Crippen LogP contribution in [0.4, 0.5) is 0 Å². The van der Waals surface area contributed by atoms with E-state index in [9.17, 15) is 0 Å². The highest BCUT2D eigenvalue weighted by atomic mass is 31.2. The molecule has 0 heterocycles. The summed E-state index contributed by atoms with van der Waals surface area (Å²) in [5.41, 5.74) is 2.85. The van der Waals surface area contributed by atoms with Crippen LogP contribution in [-0.4, -0.2) is 22.5 Å². The number of rotatable bonds is 5. The highest BCUT2D eigenvalue weighted by Gasteiger charge is 2.52. The molecular weight excluding hydrogens is 409 g/mol. The first kappa shape index (κ1) is 22.3. The van der Waals surface area contributed by atoms with Gasteiger partial charge in [0.25, 0.3) is 0 Å². The van der Waals surface area contributed by atoms with Crippen molar-refractivity contribution in [1.82, 2.24) is 0 Å². The van der Waals surface area contributed by atoms with E-state index in [1.165, 1.54) is 135 Å². The van der Waals surface area contributed by atoms with Crippen LogP contribution >= 0.6 is 7.05 Å². The Bertz CT molecular complexity index is 637. The number of hydrogen-bond donors (Lipinski definition) is 0. The van der Waals surface area contributed by atoms with Gasteiger partial charge in [-0.25, -0.2) is 0 Å². The predicted octanol–water partition coefficient (Wildman–Crippen LogP) is 9.52. The fourth-order valence-corrected chi connectivity index (χ4v) is 16.0. The number of hydrogen-bond acceptors (Lipinski definition) is 1. The van der Waals surface area contributed by atoms with Gasteiger partial charge < -0.3 is 0 Å². The van der Waals surface area contributed by atoms with Gasteiger partial charge in [-0.3, -0.25) is 0 Å². The van der Waals surface area contributed by atoms with Gasteiger partial charge >= 0.3 is 0 Å². The highest BCUT2D eigenvalue weighted by molar-refractivity contribution is 7.68. The largest absolute Gasteiger partial charge is 0.162 e. The summed E-state index contributed by atoms with van der Waals surface area (Å²) in [4.78, 5) is 5.67. The Morgan fingerprint density at radius 3 is 1.25 bits per heavy atom. The third kappa shape index (κ3) is 4.20. The van der Waals surface area contributed by atoms with Crippen LogP contribution in [0, 0.1) is 17.8 Å². The Labute approximate surface area is 197 Å². The number of nitrogens with zero attached hydrogens (tertiary/aromatic N) is 3. The van der Waals surface area contributed by atoms with Gasteiger partial charge in [0, 0.05) is 7.05 Å². The second-order valence-corrected chi connectivity index (χ2v) is 17.0. The molecule has 4 heteroatoms. The Balaban J connectivity index is 1.36. The molecule has 0 aromatic carbocycles. The van der Waals surface area contributed by atoms with Gasteiger partial charge in [-0.1, -0.05) is 63.0 Å². The normalized spacial score (nSPS) is 39.7. The maximum absolute atomic E-state index is 5.67. The molecule has 7 aliphatic rings. The van der Waals surface area contributed by atoms with Gasteiger partial charge in [-0.15, -0.1) is 0 Å². The van der Waals surface area contributed by atoms with E-state index in [0.717, 1.165) is 34.7 Å². The van der Waals surface area contributed by atoms with Crippen LogP contribution in [0.1, 0.15) is 135 Å². The lowest BCUT2D eigenvalue weighted by atomic mass is 9.53. The van der Waals surface area contributed by atoms with Crippen LogP contribution in [0.3, 0.4) is 0 Å². The van der Waals surface area contributed by atoms with Crippen molar-refractivity contribution in [3.63, 3.8) is 0 Å². The molecule has 0 N–H and O–H groups in total. The summed E-state index contributed by atoms with van der Waals surface area (Å²) in [6.07, 6.45) is 30.3. The summed E-state index contributed by atoms with van der Waals surface area (Å²) in [5.74, 6) is 2.86. The first-order chi connectivity index (χ1) is 15.8. The Kier molecular flexibility index (Phi) is 6.60. The van der Waals surface area contributed by atoms with E-state index < -0.39 is 7.05 Å². The molecule has 0 atom stereocenters. The quantitative estimate of drug-likeness (QED) is 0.224. The molecule has 0 aromatic heterocycles. The van der Waals surface area contributed by atoms with Crippen molar-refractivity contribution in [2.45, 2.75) is 157 Å². The third-order valence-corrected chi connectivity index (χ3v) is 16.4. The molecule has 0 spiro atoms. The lowest BCUT2D eigenvalue weighted by molar-refractivity contribution is -0.00207. The van der Waals surface area contributed by atoms with Crippen LogP contribution in [-0.2, 0) is 0 Å². The predicted molar refractivity (Wildman–Crippen MR) is 136 cm³/mol. The van der Waals surface area contributed by atoms with Crippen molar-refractivity contribution in [3.05, 3.63) is 0 Å². The maximum Gasteiger partial charge on any atom is 0.0846 e. The first-order valence-corrected chi connectivity index (χ1v) is 16.7. The molecule has 0 saturated heterocycles. The smallest absolute Gasteiger partial charge is 0.0846 e. The summed E-state index contributed by atoms with van der Waals surface area (Å²) >= 11 is 0. The van der Waals surface area contributed by atoms with Crippen LogP contribution in [0.5, 0.6) is 0 Å². The molecule has 7 aliphatic carbocycles. The van der Waals surface area contributed by atoms with Gasteiger partial charge in [-0.2, -0.15) is 9.97 Å². The van der Waals surface area contributed by atoms with E-state index in [1.54, 1.807) is 0 Å². The monoisotopic (exact) mass is 457 g/mol. The van der Waals surface area contributed by atoms with Crippen molar-refractivity contribution >= 4 is 7.05 Å². The summed E-state index contributed by atoms with van der Waals surface area (Å²) in [7, 11) is -1.47. The molecular formula is C28H48N3P. The fourth-order valence-electron chi connectivity index (χ4n) is 9.97. The summed E-state index contributed by atoms with van der Waals surface area (Å²) in [5, 5.41) is 10.3. The van der Waals surface area contributed by atoms with Crippen LogP contribution in [0.25, 0.3) is 0 Å². The average molecular weight is 458 g/mol. The van der Waals surface area contributed by atoms with Crippen molar-refractivity contribution in [2.24, 2.45) is 32.9 Å². The van der Waals surface area contributed by atoms with E-state index in [0.29, 0.717) is 0 Å². The zero-order valence-corrected chi connectivity index (χ0v) is 21.5. The molecule has 0 radical (unpaired) electrons. The van der Waals surface area contributed by atoms with Crippen LogP contribution in [0.2, 0.25) is 0 Å².